The summed E-state index contributed by atoms with van der Waals surface area (Å²) >= 11 is 3.56. The van der Waals surface area contributed by atoms with Gasteiger partial charge < -0.3 is 19.6 Å². The van der Waals surface area contributed by atoms with E-state index in [1.165, 1.54) is 5.56 Å². The van der Waals surface area contributed by atoms with Crippen LogP contribution in [-0.2, 0) is 13.1 Å². The van der Waals surface area contributed by atoms with Gasteiger partial charge in [0, 0.05) is 22.9 Å². The molecule has 0 atom stereocenters. The minimum atomic E-state index is 0.0148. The van der Waals surface area contributed by atoms with E-state index in [-0.39, 0.29) is 6.61 Å². The summed E-state index contributed by atoms with van der Waals surface area (Å²) in [5.41, 5.74) is 3.25. The first-order valence-electron chi connectivity index (χ1n) is 7.45. The third-order valence-electron chi connectivity index (χ3n) is 3.55. The molecule has 0 aliphatic carbocycles. The van der Waals surface area contributed by atoms with Crippen molar-refractivity contribution in [3.05, 3.63) is 64.3 Å². The van der Waals surface area contributed by atoms with Crippen LogP contribution in [0.25, 0.3) is 11.0 Å². The third-order valence-corrected chi connectivity index (χ3v) is 4.29. The van der Waals surface area contributed by atoms with E-state index in [1.54, 1.807) is 6.26 Å². The van der Waals surface area contributed by atoms with Crippen molar-refractivity contribution in [3.8, 4) is 5.75 Å². The second-order valence-corrected chi connectivity index (χ2v) is 6.08. The van der Waals surface area contributed by atoms with E-state index in [0.717, 1.165) is 39.8 Å². The monoisotopic (exact) mass is 375 g/mol. The van der Waals surface area contributed by atoms with E-state index >= 15 is 0 Å². The summed E-state index contributed by atoms with van der Waals surface area (Å²) in [6.07, 6.45) is 1.71. The molecule has 0 fully saturated rings. The fourth-order valence-electron chi connectivity index (χ4n) is 2.38. The fourth-order valence-corrected chi connectivity index (χ4v) is 2.87. The number of benzene rings is 2. The summed E-state index contributed by atoms with van der Waals surface area (Å²) < 4.78 is 11.8. The smallest absolute Gasteiger partial charge is 0.134 e. The molecule has 0 amide bonds. The molecule has 23 heavy (non-hydrogen) atoms. The summed E-state index contributed by atoms with van der Waals surface area (Å²) in [7, 11) is 0. The molecule has 5 heteroatoms. The first-order chi connectivity index (χ1) is 11.3. The van der Waals surface area contributed by atoms with E-state index in [1.807, 2.05) is 24.3 Å². The quantitative estimate of drug-likeness (QED) is 0.658. The molecule has 0 spiro atoms. The van der Waals surface area contributed by atoms with E-state index < -0.39 is 0 Å². The maximum atomic E-state index is 8.77. The number of nitrogens with one attached hydrogen (secondary N) is 1. The van der Waals surface area contributed by atoms with Crippen molar-refractivity contribution in [2.24, 2.45) is 0 Å². The van der Waals surface area contributed by atoms with Gasteiger partial charge in [0.2, 0.25) is 0 Å². The van der Waals surface area contributed by atoms with Crippen LogP contribution in [-0.4, -0.2) is 18.3 Å². The lowest BCUT2D eigenvalue weighted by Gasteiger charge is -2.10. The predicted molar refractivity (Wildman–Crippen MR) is 93.5 cm³/mol. The number of furan rings is 1. The molecule has 0 radical (unpaired) electrons. The van der Waals surface area contributed by atoms with Gasteiger partial charge in [-0.15, -0.1) is 0 Å². The maximum absolute atomic E-state index is 8.77. The Morgan fingerprint density at radius 3 is 2.83 bits per heavy atom. The molecule has 120 valence electrons. The molecule has 3 aromatic rings. The number of hydrogen-bond acceptors (Lipinski definition) is 4. The van der Waals surface area contributed by atoms with Gasteiger partial charge in [0.15, 0.2) is 0 Å². The highest BCUT2D eigenvalue weighted by Gasteiger charge is 2.03. The van der Waals surface area contributed by atoms with Gasteiger partial charge in [-0.1, -0.05) is 34.1 Å². The van der Waals surface area contributed by atoms with Crippen LogP contribution in [0.1, 0.15) is 11.1 Å². The average Bonchev–Trinajstić information content (AvgIpc) is 3.02. The van der Waals surface area contributed by atoms with E-state index in [9.17, 15) is 0 Å². The van der Waals surface area contributed by atoms with E-state index in [2.05, 4.69) is 39.4 Å². The van der Waals surface area contributed by atoms with Gasteiger partial charge in [-0.05, 0) is 35.4 Å². The van der Waals surface area contributed by atoms with Crippen LogP contribution in [0.5, 0.6) is 5.75 Å². The van der Waals surface area contributed by atoms with Gasteiger partial charge in [0.05, 0.1) is 12.9 Å². The second-order valence-electron chi connectivity index (χ2n) is 5.22. The number of rotatable bonds is 7. The predicted octanol–water partition coefficient (Wildman–Crippen LogP) is 3.86. The molecular formula is C18H18BrNO3. The Morgan fingerprint density at radius 1 is 1.09 bits per heavy atom. The number of halogens is 1. The van der Waals surface area contributed by atoms with Gasteiger partial charge in [-0.2, -0.15) is 0 Å². The molecule has 4 nitrogen and oxygen atoms in total. The lowest BCUT2D eigenvalue weighted by atomic mass is 10.1. The van der Waals surface area contributed by atoms with Gasteiger partial charge in [0.25, 0.3) is 0 Å². The summed E-state index contributed by atoms with van der Waals surface area (Å²) in [6.45, 7) is 1.84. The largest absolute Gasteiger partial charge is 0.491 e. The molecule has 0 aliphatic rings. The van der Waals surface area contributed by atoms with Gasteiger partial charge in [0.1, 0.15) is 17.9 Å². The Hall–Kier alpha value is -1.82. The highest BCUT2D eigenvalue weighted by Crippen LogP contribution is 2.23. The Bertz CT molecular complexity index is 785. The number of aliphatic hydroxyl groups excluding tert-OH is 1. The van der Waals surface area contributed by atoms with Crippen molar-refractivity contribution in [2.75, 3.05) is 13.2 Å². The molecule has 0 aliphatic heterocycles. The highest BCUT2D eigenvalue weighted by atomic mass is 79.9. The van der Waals surface area contributed by atoms with Crippen LogP contribution in [0.2, 0.25) is 0 Å². The summed E-state index contributed by atoms with van der Waals surface area (Å²) in [6, 6.07) is 14.0. The molecule has 2 N–H and O–H groups in total. The molecule has 3 rings (SSSR count). The van der Waals surface area contributed by atoms with Crippen LogP contribution in [0.4, 0.5) is 0 Å². The number of fused-ring (bicyclic) bond motifs is 1. The van der Waals surface area contributed by atoms with Crippen molar-refractivity contribution >= 4 is 26.9 Å². The molecule has 2 aromatic carbocycles. The van der Waals surface area contributed by atoms with Gasteiger partial charge in [-0.25, -0.2) is 0 Å². The minimum Gasteiger partial charge on any atom is -0.491 e. The normalized spacial score (nSPS) is 11.0. The number of hydrogen-bond donors (Lipinski definition) is 2. The van der Waals surface area contributed by atoms with Crippen LogP contribution in [0, 0.1) is 0 Å². The van der Waals surface area contributed by atoms with Crippen molar-refractivity contribution in [3.63, 3.8) is 0 Å². The zero-order chi connectivity index (χ0) is 16.1. The van der Waals surface area contributed by atoms with Gasteiger partial charge in [-0.3, -0.25) is 0 Å². The summed E-state index contributed by atoms with van der Waals surface area (Å²) in [4.78, 5) is 0. The summed E-state index contributed by atoms with van der Waals surface area (Å²) in [5.74, 6) is 0.748. The lowest BCUT2D eigenvalue weighted by molar-refractivity contribution is 0.201. The Morgan fingerprint density at radius 2 is 2.00 bits per heavy atom. The van der Waals surface area contributed by atoms with Crippen molar-refractivity contribution in [1.29, 1.82) is 0 Å². The number of aliphatic hydroxyl groups is 1. The van der Waals surface area contributed by atoms with Crippen LogP contribution < -0.4 is 10.1 Å². The zero-order valence-corrected chi connectivity index (χ0v) is 14.2. The zero-order valence-electron chi connectivity index (χ0n) is 12.6. The minimum absolute atomic E-state index is 0.0148. The van der Waals surface area contributed by atoms with Crippen molar-refractivity contribution in [1.82, 2.24) is 5.32 Å². The Kier molecular flexibility index (Phi) is 5.33. The van der Waals surface area contributed by atoms with Crippen molar-refractivity contribution < 1.29 is 14.3 Å². The highest BCUT2D eigenvalue weighted by molar-refractivity contribution is 9.10. The number of ether oxygens (including phenoxy) is 1. The Balaban J connectivity index is 1.57. The fraction of sp³-hybridized carbons (Fsp3) is 0.222. The standard InChI is InChI=1S/C18H18BrNO3/c19-17-10-16(22-8-6-21)4-3-15(17)12-20-11-13-1-2-14-5-7-23-18(14)9-13/h1-5,7,9-10,20-21H,6,8,11-12H2. The SMILES string of the molecule is OCCOc1ccc(CNCc2ccc3ccoc3c2)c(Br)c1. The van der Waals surface area contributed by atoms with Crippen molar-refractivity contribution in [2.45, 2.75) is 13.1 Å². The maximum Gasteiger partial charge on any atom is 0.134 e. The molecular weight excluding hydrogens is 358 g/mol. The molecule has 1 heterocycles. The van der Waals surface area contributed by atoms with E-state index in [4.69, 9.17) is 14.3 Å². The van der Waals surface area contributed by atoms with Gasteiger partial charge >= 0.3 is 0 Å². The van der Waals surface area contributed by atoms with Crippen LogP contribution in [0.3, 0.4) is 0 Å². The molecule has 1 aromatic heterocycles. The van der Waals surface area contributed by atoms with Crippen LogP contribution >= 0.6 is 15.9 Å². The molecule has 0 saturated carbocycles. The third kappa shape index (κ3) is 4.13. The first kappa shape index (κ1) is 16.1. The lowest BCUT2D eigenvalue weighted by Crippen LogP contribution is -2.13. The molecule has 0 bridgehead atoms. The summed E-state index contributed by atoms with van der Waals surface area (Å²) in [5, 5.41) is 13.3. The van der Waals surface area contributed by atoms with Crippen LogP contribution in [0.15, 0.2) is 57.6 Å². The van der Waals surface area contributed by atoms with E-state index in [0.29, 0.717) is 6.61 Å². The second kappa shape index (κ2) is 7.64. The Labute approximate surface area is 143 Å². The topological polar surface area (TPSA) is 54.6 Å². The average molecular weight is 376 g/mol. The molecule has 0 unspecified atom stereocenters. The molecule has 0 saturated heterocycles. The first-order valence-corrected chi connectivity index (χ1v) is 8.24.